The molecule has 1 N–H and O–H groups in total. The van der Waals surface area contributed by atoms with Crippen molar-refractivity contribution >= 4 is 5.91 Å². The van der Waals surface area contributed by atoms with E-state index in [1.807, 2.05) is 48.5 Å². The molecule has 1 amide bonds. The molecule has 0 fully saturated rings. The third-order valence-electron chi connectivity index (χ3n) is 3.42. The van der Waals surface area contributed by atoms with Gasteiger partial charge in [0.1, 0.15) is 19.8 Å². The number of benzene rings is 2. The first-order valence-electron chi connectivity index (χ1n) is 7.65. The lowest BCUT2D eigenvalue weighted by molar-refractivity contribution is -0.120. The maximum absolute atomic E-state index is 11.8. The van der Waals surface area contributed by atoms with E-state index in [4.69, 9.17) is 14.2 Å². The molecule has 3 rings (SSSR count). The fourth-order valence-corrected chi connectivity index (χ4v) is 2.36. The van der Waals surface area contributed by atoms with Crippen molar-refractivity contribution in [3.63, 3.8) is 0 Å². The van der Waals surface area contributed by atoms with Crippen LogP contribution in [0.1, 0.15) is 5.56 Å². The molecule has 23 heavy (non-hydrogen) atoms. The van der Waals surface area contributed by atoms with E-state index < -0.39 is 0 Å². The molecule has 0 unspecified atom stereocenters. The minimum Gasteiger partial charge on any atom is -0.488 e. The summed E-state index contributed by atoms with van der Waals surface area (Å²) < 4.78 is 16.8. The van der Waals surface area contributed by atoms with Crippen molar-refractivity contribution < 1.29 is 19.0 Å². The number of hydrogen-bond acceptors (Lipinski definition) is 4. The average molecular weight is 313 g/mol. The molecule has 2 aromatic rings. The van der Waals surface area contributed by atoms with E-state index in [-0.39, 0.29) is 5.91 Å². The summed E-state index contributed by atoms with van der Waals surface area (Å²) in [6, 6.07) is 15.2. The molecule has 5 nitrogen and oxygen atoms in total. The highest BCUT2D eigenvalue weighted by Gasteiger charge is 2.16. The zero-order chi connectivity index (χ0) is 15.9. The second-order valence-electron chi connectivity index (χ2n) is 5.14. The van der Waals surface area contributed by atoms with Crippen LogP contribution in [0.2, 0.25) is 0 Å². The van der Waals surface area contributed by atoms with E-state index in [1.165, 1.54) is 0 Å². The van der Waals surface area contributed by atoms with Crippen molar-refractivity contribution in [3.8, 4) is 17.2 Å². The molecule has 120 valence electrons. The van der Waals surface area contributed by atoms with Gasteiger partial charge >= 0.3 is 0 Å². The van der Waals surface area contributed by atoms with E-state index in [9.17, 15) is 4.79 Å². The highest BCUT2D eigenvalue weighted by atomic mass is 16.6. The molecule has 2 aromatic carbocycles. The summed E-state index contributed by atoms with van der Waals surface area (Å²) in [4.78, 5) is 11.8. The van der Waals surface area contributed by atoms with Crippen LogP contribution >= 0.6 is 0 Å². The Morgan fingerprint density at radius 3 is 2.74 bits per heavy atom. The first-order chi connectivity index (χ1) is 11.3. The smallest absolute Gasteiger partial charge is 0.224 e. The molecule has 0 aliphatic carbocycles. The van der Waals surface area contributed by atoms with Gasteiger partial charge in [-0.25, -0.2) is 0 Å². The Morgan fingerprint density at radius 1 is 1.04 bits per heavy atom. The summed E-state index contributed by atoms with van der Waals surface area (Å²) in [5, 5.41) is 2.85. The Kier molecular flexibility index (Phi) is 4.99. The van der Waals surface area contributed by atoms with Gasteiger partial charge in [-0.15, -0.1) is 0 Å². The molecule has 0 saturated heterocycles. The highest BCUT2D eigenvalue weighted by molar-refractivity contribution is 5.78. The lowest BCUT2D eigenvalue weighted by Gasteiger charge is -2.20. The minimum absolute atomic E-state index is 0.0190. The standard InChI is InChI=1S/C18H19NO4/c20-17(13-14-5-2-1-3-6-14)19-9-10-21-15-7-4-8-16-18(15)23-12-11-22-16/h1-8H,9-13H2,(H,19,20). The highest BCUT2D eigenvalue weighted by Crippen LogP contribution is 2.38. The van der Waals surface area contributed by atoms with Crippen molar-refractivity contribution in [1.29, 1.82) is 0 Å². The van der Waals surface area contributed by atoms with E-state index in [1.54, 1.807) is 0 Å². The first-order valence-corrected chi connectivity index (χ1v) is 7.65. The van der Waals surface area contributed by atoms with E-state index in [2.05, 4.69) is 5.32 Å². The molecule has 1 aliphatic rings. The van der Waals surface area contributed by atoms with Gasteiger partial charge in [-0.05, 0) is 17.7 Å². The van der Waals surface area contributed by atoms with Crippen LogP contribution in [-0.2, 0) is 11.2 Å². The summed E-state index contributed by atoms with van der Waals surface area (Å²) >= 11 is 0. The van der Waals surface area contributed by atoms with Crippen molar-refractivity contribution in [2.75, 3.05) is 26.4 Å². The second kappa shape index (κ2) is 7.54. The van der Waals surface area contributed by atoms with Gasteiger partial charge in [-0.1, -0.05) is 36.4 Å². The molecule has 0 atom stereocenters. The van der Waals surface area contributed by atoms with Crippen LogP contribution < -0.4 is 19.5 Å². The third kappa shape index (κ3) is 4.16. The summed E-state index contributed by atoms with van der Waals surface area (Å²) in [5.41, 5.74) is 0.994. The molecule has 0 saturated carbocycles. The lowest BCUT2D eigenvalue weighted by atomic mass is 10.1. The Balaban J connectivity index is 1.44. The fraction of sp³-hybridized carbons (Fsp3) is 0.278. The van der Waals surface area contributed by atoms with E-state index in [0.29, 0.717) is 50.0 Å². The molecule has 5 heteroatoms. The van der Waals surface area contributed by atoms with Gasteiger partial charge in [-0.3, -0.25) is 4.79 Å². The quantitative estimate of drug-likeness (QED) is 0.831. The van der Waals surface area contributed by atoms with Crippen molar-refractivity contribution in [1.82, 2.24) is 5.32 Å². The second-order valence-corrected chi connectivity index (χ2v) is 5.14. The zero-order valence-corrected chi connectivity index (χ0v) is 12.8. The third-order valence-corrected chi connectivity index (χ3v) is 3.42. The monoisotopic (exact) mass is 313 g/mol. The maximum atomic E-state index is 11.8. The molecule has 0 bridgehead atoms. The number of hydrogen-bond donors (Lipinski definition) is 1. The Labute approximate surface area is 135 Å². The largest absolute Gasteiger partial charge is 0.488 e. The average Bonchev–Trinajstić information content (AvgIpc) is 2.60. The summed E-state index contributed by atoms with van der Waals surface area (Å²) in [6.07, 6.45) is 0.374. The van der Waals surface area contributed by atoms with Crippen molar-refractivity contribution in [3.05, 3.63) is 54.1 Å². The predicted octanol–water partition coefficient (Wildman–Crippen LogP) is 2.20. The van der Waals surface area contributed by atoms with Crippen LogP contribution in [0.25, 0.3) is 0 Å². The van der Waals surface area contributed by atoms with Crippen LogP contribution in [0.4, 0.5) is 0 Å². The number of para-hydroxylation sites is 1. The number of carbonyl (C=O) groups is 1. The van der Waals surface area contributed by atoms with Crippen LogP contribution in [0.3, 0.4) is 0 Å². The van der Waals surface area contributed by atoms with Gasteiger partial charge in [0.2, 0.25) is 11.7 Å². The van der Waals surface area contributed by atoms with Crippen molar-refractivity contribution in [2.24, 2.45) is 0 Å². The number of rotatable bonds is 6. The van der Waals surface area contributed by atoms with Crippen LogP contribution in [0.15, 0.2) is 48.5 Å². The summed E-state index contributed by atoms with van der Waals surface area (Å²) in [6.45, 7) is 1.88. The number of amides is 1. The Morgan fingerprint density at radius 2 is 1.87 bits per heavy atom. The number of carbonyl (C=O) groups excluding carboxylic acids is 1. The summed E-state index contributed by atoms with van der Waals surface area (Å²) in [5.74, 6) is 1.95. The number of nitrogens with one attached hydrogen (secondary N) is 1. The molecular formula is C18H19NO4. The van der Waals surface area contributed by atoms with Gasteiger partial charge in [0.05, 0.1) is 13.0 Å². The Hall–Kier alpha value is -2.69. The molecule has 0 radical (unpaired) electrons. The minimum atomic E-state index is -0.0190. The van der Waals surface area contributed by atoms with Crippen LogP contribution in [-0.4, -0.2) is 32.3 Å². The topological polar surface area (TPSA) is 56.8 Å². The number of ether oxygens (including phenoxy) is 3. The van der Waals surface area contributed by atoms with Crippen LogP contribution in [0, 0.1) is 0 Å². The normalized spacial score (nSPS) is 12.5. The van der Waals surface area contributed by atoms with Gasteiger partial charge in [0, 0.05) is 0 Å². The van der Waals surface area contributed by atoms with Crippen molar-refractivity contribution in [2.45, 2.75) is 6.42 Å². The lowest BCUT2D eigenvalue weighted by Crippen LogP contribution is -2.29. The number of fused-ring (bicyclic) bond motifs is 1. The molecular weight excluding hydrogens is 294 g/mol. The predicted molar refractivity (Wildman–Crippen MR) is 86.1 cm³/mol. The summed E-state index contributed by atoms with van der Waals surface area (Å²) in [7, 11) is 0. The maximum Gasteiger partial charge on any atom is 0.224 e. The molecule has 0 aromatic heterocycles. The molecule has 0 spiro atoms. The van der Waals surface area contributed by atoms with E-state index in [0.717, 1.165) is 5.56 Å². The zero-order valence-electron chi connectivity index (χ0n) is 12.8. The van der Waals surface area contributed by atoms with E-state index >= 15 is 0 Å². The first kappa shape index (κ1) is 15.2. The Bertz CT molecular complexity index is 657. The fourth-order valence-electron chi connectivity index (χ4n) is 2.36. The van der Waals surface area contributed by atoms with Gasteiger partial charge < -0.3 is 19.5 Å². The molecule has 1 heterocycles. The van der Waals surface area contributed by atoms with Crippen LogP contribution in [0.5, 0.6) is 17.2 Å². The van der Waals surface area contributed by atoms with Gasteiger partial charge in [-0.2, -0.15) is 0 Å². The molecule has 1 aliphatic heterocycles. The van der Waals surface area contributed by atoms with Gasteiger partial charge in [0.15, 0.2) is 11.5 Å². The van der Waals surface area contributed by atoms with Gasteiger partial charge in [0.25, 0.3) is 0 Å². The SMILES string of the molecule is O=C(Cc1ccccc1)NCCOc1cccc2c1OCCO2.